The van der Waals surface area contributed by atoms with Gasteiger partial charge in [0.1, 0.15) is 4.88 Å². The summed E-state index contributed by atoms with van der Waals surface area (Å²) in [5, 5.41) is 3.94. The van der Waals surface area contributed by atoms with Crippen LogP contribution < -0.4 is 11.1 Å². The van der Waals surface area contributed by atoms with Crippen LogP contribution in [0.4, 0.5) is 5.69 Å². The Balaban J connectivity index is 1.75. The normalized spacial score (nSPS) is 14.9. The van der Waals surface area contributed by atoms with Crippen LogP contribution >= 0.6 is 11.3 Å². The molecule has 0 radical (unpaired) electrons. The second kappa shape index (κ2) is 4.61. The lowest BCUT2D eigenvalue weighted by molar-refractivity contribution is 0.0957. The molecule has 0 atom stereocenters. The summed E-state index contributed by atoms with van der Waals surface area (Å²) >= 11 is 1.47. The molecule has 1 aliphatic rings. The molecule has 0 saturated heterocycles. The van der Waals surface area contributed by atoms with Crippen molar-refractivity contribution >= 4 is 33.0 Å². The maximum atomic E-state index is 12.1. The van der Waals surface area contributed by atoms with Crippen molar-refractivity contribution < 1.29 is 4.79 Å². The molecule has 3 N–H and O–H groups in total. The van der Waals surface area contributed by atoms with Crippen LogP contribution in [-0.4, -0.2) is 12.5 Å². The summed E-state index contributed by atoms with van der Waals surface area (Å²) in [5.41, 5.74) is 6.64. The maximum Gasteiger partial charge on any atom is 0.263 e. The standard InChI is InChI=1S/C14H16N2OS/c15-12-10-3-1-2-4-11(10)18-13(12)14(17)16-8-7-9-5-6-9/h1-4,9H,5-8,15H2,(H,16,17). The van der Waals surface area contributed by atoms with Crippen LogP contribution in [0.15, 0.2) is 24.3 Å². The van der Waals surface area contributed by atoms with Gasteiger partial charge in [-0.3, -0.25) is 4.79 Å². The van der Waals surface area contributed by atoms with Crippen molar-refractivity contribution in [2.24, 2.45) is 5.92 Å². The summed E-state index contributed by atoms with van der Waals surface area (Å²) in [6.45, 7) is 0.761. The fraction of sp³-hybridized carbons (Fsp3) is 0.357. The lowest BCUT2D eigenvalue weighted by Gasteiger charge is -2.03. The van der Waals surface area contributed by atoms with E-state index in [0.717, 1.165) is 29.0 Å². The van der Waals surface area contributed by atoms with Crippen molar-refractivity contribution in [1.29, 1.82) is 0 Å². The van der Waals surface area contributed by atoms with E-state index in [-0.39, 0.29) is 5.91 Å². The largest absolute Gasteiger partial charge is 0.397 e. The topological polar surface area (TPSA) is 55.1 Å². The lowest BCUT2D eigenvalue weighted by atomic mass is 10.2. The monoisotopic (exact) mass is 260 g/mol. The van der Waals surface area contributed by atoms with Gasteiger partial charge in [0.05, 0.1) is 5.69 Å². The SMILES string of the molecule is Nc1c(C(=O)NCCC2CC2)sc2ccccc12. The minimum atomic E-state index is -0.0330. The molecule has 1 fully saturated rings. The number of carbonyl (C=O) groups excluding carboxylic acids is 1. The first-order valence-electron chi connectivity index (χ1n) is 6.31. The van der Waals surface area contributed by atoms with Crippen molar-refractivity contribution in [3.8, 4) is 0 Å². The zero-order chi connectivity index (χ0) is 12.5. The fourth-order valence-electron chi connectivity index (χ4n) is 2.11. The molecule has 0 spiro atoms. The van der Waals surface area contributed by atoms with Gasteiger partial charge in [-0.05, 0) is 18.4 Å². The van der Waals surface area contributed by atoms with E-state index in [0.29, 0.717) is 10.6 Å². The number of nitrogens with one attached hydrogen (secondary N) is 1. The molecule has 0 bridgehead atoms. The molecule has 1 saturated carbocycles. The van der Waals surface area contributed by atoms with Crippen LogP contribution in [0.5, 0.6) is 0 Å². The highest BCUT2D eigenvalue weighted by atomic mass is 32.1. The van der Waals surface area contributed by atoms with Gasteiger partial charge in [-0.2, -0.15) is 0 Å². The summed E-state index contributed by atoms with van der Waals surface area (Å²) in [6, 6.07) is 7.87. The third-order valence-electron chi connectivity index (χ3n) is 3.38. The molecule has 1 aliphatic carbocycles. The van der Waals surface area contributed by atoms with Crippen LogP contribution in [-0.2, 0) is 0 Å². The average molecular weight is 260 g/mol. The van der Waals surface area contributed by atoms with E-state index in [1.807, 2.05) is 24.3 Å². The number of rotatable bonds is 4. The fourth-order valence-corrected chi connectivity index (χ4v) is 3.15. The first-order valence-corrected chi connectivity index (χ1v) is 7.12. The summed E-state index contributed by atoms with van der Waals surface area (Å²) < 4.78 is 1.07. The van der Waals surface area contributed by atoms with E-state index in [9.17, 15) is 4.79 Å². The van der Waals surface area contributed by atoms with Crippen molar-refractivity contribution in [1.82, 2.24) is 5.32 Å². The Labute approximate surface area is 110 Å². The molecule has 2 aromatic rings. The predicted molar refractivity (Wildman–Crippen MR) is 75.9 cm³/mol. The maximum absolute atomic E-state index is 12.1. The molecule has 1 heterocycles. The molecule has 0 unspecified atom stereocenters. The predicted octanol–water partition coefficient (Wildman–Crippen LogP) is 3.01. The zero-order valence-corrected chi connectivity index (χ0v) is 10.9. The van der Waals surface area contributed by atoms with Gasteiger partial charge in [0, 0.05) is 16.6 Å². The van der Waals surface area contributed by atoms with Gasteiger partial charge >= 0.3 is 0 Å². The number of anilines is 1. The van der Waals surface area contributed by atoms with Gasteiger partial charge in [0.2, 0.25) is 0 Å². The van der Waals surface area contributed by atoms with E-state index >= 15 is 0 Å². The van der Waals surface area contributed by atoms with Crippen LogP contribution in [0.3, 0.4) is 0 Å². The first-order chi connectivity index (χ1) is 8.75. The molecule has 1 aromatic heterocycles. The van der Waals surface area contributed by atoms with Gasteiger partial charge < -0.3 is 11.1 Å². The van der Waals surface area contributed by atoms with E-state index in [2.05, 4.69) is 5.32 Å². The Morgan fingerprint density at radius 1 is 1.39 bits per heavy atom. The Morgan fingerprint density at radius 3 is 2.89 bits per heavy atom. The number of nitrogens with two attached hydrogens (primary N) is 1. The first kappa shape index (κ1) is 11.5. The van der Waals surface area contributed by atoms with E-state index in [4.69, 9.17) is 5.73 Å². The number of carbonyl (C=O) groups is 1. The Bertz CT molecular complexity index is 586. The number of amides is 1. The molecule has 4 heteroatoms. The minimum absolute atomic E-state index is 0.0330. The van der Waals surface area contributed by atoms with E-state index < -0.39 is 0 Å². The summed E-state index contributed by atoms with van der Waals surface area (Å²) in [7, 11) is 0. The van der Waals surface area contributed by atoms with Crippen LogP contribution in [0, 0.1) is 5.92 Å². The van der Waals surface area contributed by atoms with Crippen LogP contribution in [0.2, 0.25) is 0 Å². The molecule has 0 aliphatic heterocycles. The number of thiophene rings is 1. The Morgan fingerprint density at radius 2 is 2.17 bits per heavy atom. The van der Waals surface area contributed by atoms with Gasteiger partial charge in [-0.15, -0.1) is 11.3 Å². The third kappa shape index (κ3) is 2.20. The highest BCUT2D eigenvalue weighted by Crippen LogP contribution is 2.34. The van der Waals surface area contributed by atoms with E-state index in [1.165, 1.54) is 24.2 Å². The van der Waals surface area contributed by atoms with Gasteiger partial charge in [0.25, 0.3) is 5.91 Å². The molecule has 3 nitrogen and oxygen atoms in total. The quantitative estimate of drug-likeness (QED) is 0.887. The second-order valence-corrected chi connectivity index (χ2v) is 5.88. The highest BCUT2D eigenvalue weighted by molar-refractivity contribution is 7.21. The third-order valence-corrected chi connectivity index (χ3v) is 4.56. The zero-order valence-electron chi connectivity index (χ0n) is 10.1. The molecule has 18 heavy (non-hydrogen) atoms. The lowest BCUT2D eigenvalue weighted by Crippen LogP contribution is -2.24. The number of hydrogen-bond acceptors (Lipinski definition) is 3. The number of hydrogen-bond donors (Lipinski definition) is 2. The molecular weight excluding hydrogens is 244 g/mol. The van der Waals surface area contributed by atoms with Crippen molar-refractivity contribution in [3.63, 3.8) is 0 Å². The van der Waals surface area contributed by atoms with Crippen molar-refractivity contribution in [2.45, 2.75) is 19.3 Å². The second-order valence-electron chi connectivity index (χ2n) is 4.83. The molecule has 1 amide bonds. The van der Waals surface area contributed by atoms with Gasteiger partial charge in [-0.1, -0.05) is 31.0 Å². The number of benzene rings is 1. The Kier molecular flexibility index (Phi) is 2.96. The molecule has 1 aromatic carbocycles. The summed E-state index contributed by atoms with van der Waals surface area (Å²) in [4.78, 5) is 12.7. The molecule has 94 valence electrons. The number of nitrogen functional groups attached to an aromatic ring is 1. The molecule has 3 rings (SSSR count). The highest BCUT2D eigenvalue weighted by Gasteiger charge is 2.21. The van der Waals surface area contributed by atoms with E-state index in [1.54, 1.807) is 0 Å². The van der Waals surface area contributed by atoms with Gasteiger partial charge in [-0.25, -0.2) is 0 Å². The average Bonchev–Trinajstić information content (AvgIpc) is 3.14. The molecular formula is C14H16N2OS. The minimum Gasteiger partial charge on any atom is -0.397 e. The summed E-state index contributed by atoms with van der Waals surface area (Å²) in [5.74, 6) is 0.805. The number of fused-ring (bicyclic) bond motifs is 1. The van der Waals surface area contributed by atoms with Crippen molar-refractivity contribution in [2.75, 3.05) is 12.3 Å². The Hall–Kier alpha value is -1.55. The van der Waals surface area contributed by atoms with Crippen molar-refractivity contribution in [3.05, 3.63) is 29.1 Å². The smallest absolute Gasteiger partial charge is 0.263 e. The van der Waals surface area contributed by atoms with Crippen LogP contribution in [0.1, 0.15) is 28.9 Å². The van der Waals surface area contributed by atoms with Crippen LogP contribution in [0.25, 0.3) is 10.1 Å². The summed E-state index contributed by atoms with van der Waals surface area (Å²) in [6.07, 6.45) is 3.73. The van der Waals surface area contributed by atoms with Gasteiger partial charge in [0.15, 0.2) is 0 Å².